The SMILES string of the molecule is Cc1nc(Oc2ccccc2F)nc(C)c1NC(=O)c1ccc(C#N)cc1. The van der Waals surface area contributed by atoms with Gasteiger partial charge in [-0.15, -0.1) is 0 Å². The number of nitrogens with one attached hydrogen (secondary N) is 1. The Hall–Kier alpha value is -3.79. The van der Waals surface area contributed by atoms with Crippen LogP contribution in [0.3, 0.4) is 0 Å². The molecule has 0 radical (unpaired) electrons. The fourth-order valence-corrected chi connectivity index (χ4v) is 2.42. The summed E-state index contributed by atoms with van der Waals surface area (Å²) in [6.45, 7) is 3.38. The number of carbonyl (C=O) groups is 1. The largest absolute Gasteiger partial charge is 0.421 e. The molecular weight excluding hydrogens is 347 g/mol. The Morgan fingerprint density at radius 1 is 1.07 bits per heavy atom. The van der Waals surface area contributed by atoms with Crippen LogP contribution >= 0.6 is 0 Å². The van der Waals surface area contributed by atoms with E-state index in [1.165, 1.54) is 12.1 Å². The molecule has 0 aliphatic heterocycles. The second-order valence-electron chi connectivity index (χ2n) is 5.73. The number of hydrogen-bond donors (Lipinski definition) is 1. The third-order valence-electron chi connectivity index (χ3n) is 3.80. The van der Waals surface area contributed by atoms with Gasteiger partial charge in [-0.2, -0.15) is 15.2 Å². The summed E-state index contributed by atoms with van der Waals surface area (Å²) < 4.78 is 19.1. The van der Waals surface area contributed by atoms with Crippen molar-refractivity contribution in [2.75, 3.05) is 5.32 Å². The van der Waals surface area contributed by atoms with Crippen molar-refractivity contribution in [2.45, 2.75) is 13.8 Å². The average molecular weight is 362 g/mol. The lowest BCUT2D eigenvalue weighted by atomic mass is 10.1. The number of nitriles is 1. The van der Waals surface area contributed by atoms with E-state index in [1.54, 1.807) is 50.2 Å². The number of rotatable bonds is 4. The molecule has 0 aliphatic rings. The minimum absolute atomic E-state index is 0.00790. The summed E-state index contributed by atoms with van der Waals surface area (Å²) in [7, 11) is 0. The van der Waals surface area contributed by atoms with Crippen LogP contribution in [0, 0.1) is 31.0 Å². The Morgan fingerprint density at radius 2 is 1.70 bits per heavy atom. The number of carbonyl (C=O) groups excluding carboxylic acids is 1. The molecule has 2 aromatic carbocycles. The van der Waals surface area contributed by atoms with Gasteiger partial charge in [0.2, 0.25) is 0 Å². The van der Waals surface area contributed by atoms with Crippen LogP contribution in [0.1, 0.15) is 27.3 Å². The minimum atomic E-state index is -0.519. The summed E-state index contributed by atoms with van der Waals surface area (Å²) in [5, 5.41) is 11.6. The highest BCUT2D eigenvalue weighted by Crippen LogP contribution is 2.25. The predicted octanol–water partition coefficient (Wildman–Crippen LogP) is 4.15. The van der Waals surface area contributed by atoms with E-state index in [1.807, 2.05) is 6.07 Å². The first-order chi connectivity index (χ1) is 13.0. The van der Waals surface area contributed by atoms with Gasteiger partial charge in [0.05, 0.1) is 28.7 Å². The summed E-state index contributed by atoms with van der Waals surface area (Å²) >= 11 is 0. The molecule has 0 spiro atoms. The Balaban J connectivity index is 1.81. The molecule has 0 aliphatic carbocycles. The van der Waals surface area contributed by atoms with Crippen LogP contribution in [0.4, 0.5) is 10.1 Å². The number of aryl methyl sites for hydroxylation is 2. The van der Waals surface area contributed by atoms with Gasteiger partial charge >= 0.3 is 6.01 Å². The number of aromatic nitrogens is 2. The summed E-state index contributed by atoms with van der Waals surface area (Å²) in [5.74, 6) is -0.850. The van der Waals surface area contributed by atoms with Crippen molar-refractivity contribution < 1.29 is 13.9 Å². The van der Waals surface area contributed by atoms with Gasteiger partial charge in [0.15, 0.2) is 11.6 Å². The van der Waals surface area contributed by atoms with Crippen molar-refractivity contribution in [1.82, 2.24) is 9.97 Å². The molecule has 3 aromatic rings. The van der Waals surface area contributed by atoms with Gasteiger partial charge in [-0.3, -0.25) is 4.79 Å². The highest BCUT2D eigenvalue weighted by atomic mass is 19.1. The van der Waals surface area contributed by atoms with Gasteiger partial charge in [-0.05, 0) is 50.2 Å². The van der Waals surface area contributed by atoms with Gasteiger partial charge in [-0.1, -0.05) is 12.1 Å². The fraction of sp³-hybridized carbons (Fsp3) is 0.100. The summed E-state index contributed by atoms with van der Waals surface area (Å²) in [5.41, 5.74) is 2.29. The molecule has 1 N–H and O–H groups in total. The number of hydrogen-bond acceptors (Lipinski definition) is 5. The molecular formula is C20H15FN4O2. The highest BCUT2D eigenvalue weighted by Gasteiger charge is 2.15. The second-order valence-corrected chi connectivity index (χ2v) is 5.73. The Morgan fingerprint density at radius 3 is 2.30 bits per heavy atom. The molecule has 0 atom stereocenters. The maximum atomic E-state index is 13.7. The van der Waals surface area contributed by atoms with E-state index in [4.69, 9.17) is 10.00 Å². The van der Waals surface area contributed by atoms with Crippen LogP contribution in [0.25, 0.3) is 0 Å². The van der Waals surface area contributed by atoms with Crippen LogP contribution in [-0.2, 0) is 0 Å². The zero-order chi connectivity index (χ0) is 19.4. The fourth-order valence-electron chi connectivity index (χ4n) is 2.42. The van der Waals surface area contributed by atoms with Gasteiger partial charge in [0.25, 0.3) is 5.91 Å². The number of anilines is 1. The lowest BCUT2D eigenvalue weighted by molar-refractivity contribution is 0.102. The summed E-state index contributed by atoms with van der Waals surface area (Å²) in [6, 6.07) is 14.2. The molecule has 7 heteroatoms. The smallest absolute Gasteiger partial charge is 0.322 e. The molecule has 134 valence electrons. The van der Waals surface area contributed by atoms with Crippen molar-refractivity contribution >= 4 is 11.6 Å². The highest BCUT2D eigenvalue weighted by molar-refractivity contribution is 6.04. The van der Waals surface area contributed by atoms with E-state index in [9.17, 15) is 9.18 Å². The second kappa shape index (κ2) is 7.62. The maximum absolute atomic E-state index is 13.7. The first kappa shape index (κ1) is 18.0. The van der Waals surface area contributed by atoms with Gasteiger partial charge in [0, 0.05) is 5.56 Å². The molecule has 0 bridgehead atoms. The van der Waals surface area contributed by atoms with Crippen molar-refractivity contribution in [1.29, 1.82) is 5.26 Å². The third kappa shape index (κ3) is 4.07. The molecule has 1 heterocycles. The third-order valence-corrected chi connectivity index (χ3v) is 3.80. The van der Waals surface area contributed by atoms with Crippen LogP contribution in [0.5, 0.6) is 11.8 Å². The quantitative estimate of drug-likeness (QED) is 0.753. The first-order valence-electron chi connectivity index (χ1n) is 8.07. The molecule has 1 amide bonds. The molecule has 27 heavy (non-hydrogen) atoms. The normalized spacial score (nSPS) is 10.1. The van der Waals surface area contributed by atoms with Crippen LogP contribution < -0.4 is 10.1 Å². The molecule has 0 saturated carbocycles. The number of halogens is 1. The van der Waals surface area contributed by atoms with Crippen molar-refractivity contribution in [3.8, 4) is 17.8 Å². The van der Waals surface area contributed by atoms with E-state index >= 15 is 0 Å². The molecule has 3 rings (SSSR count). The number of ether oxygens (including phenoxy) is 1. The predicted molar refractivity (Wildman–Crippen MR) is 97.1 cm³/mol. The number of amides is 1. The van der Waals surface area contributed by atoms with Gasteiger partial charge < -0.3 is 10.1 Å². The molecule has 0 saturated heterocycles. The molecule has 0 unspecified atom stereocenters. The standard InChI is InChI=1S/C20H15FN4O2/c1-12-18(25-19(26)15-9-7-14(11-22)8-10-15)13(2)24-20(23-12)27-17-6-4-3-5-16(17)21/h3-10H,1-2H3,(H,25,26). The van der Waals surface area contributed by atoms with E-state index < -0.39 is 5.82 Å². The van der Waals surface area contributed by atoms with E-state index in [0.717, 1.165) is 0 Å². The zero-order valence-corrected chi connectivity index (χ0v) is 14.7. The lowest BCUT2D eigenvalue weighted by Crippen LogP contribution is -2.15. The van der Waals surface area contributed by atoms with Crippen LogP contribution in [-0.4, -0.2) is 15.9 Å². The summed E-state index contributed by atoms with van der Waals surface area (Å²) in [6.07, 6.45) is 0. The number of benzene rings is 2. The van der Waals surface area contributed by atoms with Crippen molar-refractivity contribution in [2.24, 2.45) is 0 Å². The van der Waals surface area contributed by atoms with Crippen molar-refractivity contribution in [3.05, 3.63) is 76.9 Å². The number of nitrogens with zero attached hydrogens (tertiary/aromatic N) is 3. The van der Waals surface area contributed by atoms with Crippen molar-refractivity contribution in [3.63, 3.8) is 0 Å². The van der Waals surface area contributed by atoms with E-state index in [0.29, 0.717) is 28.2 Å². The minimum Gasteiger partial charge on any atom is -0.421 e. The van der Waals surface area contributed by atoms with Crippen LogP contribution in [0.2, 0.25) is 0 Å². The monoisotopic (exact) mass is 362 g/mol. The first-order valence-corrected chi connectivity index (χ1v) is 8.07. The molecule has 1 aromatic heterocycles. The number of para-hydroxylation sites is 1. The lowest BCUT2D eigenvalue weighted by Gasteiger charge is -2.12. The van der Waals surface area contributed by atoms with Crippen LogP contribution in [0.15, 0.2) is 48.5 Å². The van der Waals surface area contributed by atoms with Gasteiger partial charge in [0.1, 0.15) is 0 Å². The topological polar surface area (TPSA) is 87.9 Å². The Bertz CT molecular complexity index is 1020. The van der Waals surface area contributed by atoms with E-state index in [-0.39, 0.29) is 17.7 Å². The average Bonchev–Trinajstić information content (AvgIpc) is 2.66. The molecule has 0 fully saturated rings. The summed E-state index contributed by atoms with van der Waals surface area (Å²) in [4.78, 5) is 20.8. The van der Waals surface area contributed by atoms with Gasteiger partial charge in [-0.25, -0.2) is 4.39 Å². The Kier molecular flexibility index (Phi) is 5.08. The van der Waals surface area contributed by atoms with E-state index in [2.05, 4.69) is 15.3 Å². The zero-order valence-electron chi connectivity index (χ0n) is 14.7. The Labute approximate surface area is 155 Å². The molecule has 6 nitrogen and oxygen atoms in total. The maximum Gasteiger partial charge on any atom is 0.322 e.